The largest absolute Gasteiger partial charge is 0.348 e. The normalized spacial score (nSPS) is 46.8. The van der Waals surface area contributed by atoms with Crippen LogP contribution in [0.5, 0.6) is 0 Å². The summed E-state index contributed by atoms with van der Waals surface area (Å²) in [6, 6.07) is 0. The molecule has 0 N–H and O–H groups in total. The lowest BCUT2D eigenvalue weighted by molar-refractivity contribution is -0.262. The minimum Gasteiger partial charge on any atom is -0.348 e. The third-order valence-electron chi connectivity index (χ3n) is 7.22. The maximum absolute atomic E-state index is 6.09. The Kier molecular flexibility index (Phi) is 3.61. The van der Waals surface area contributed by atoms with E-state index in [1.54, 1.807) is 0 Å². The molecule has 4 fully saturated rings. The molecule has 4 atom stereocenters. The number of ether oxygens (including phenoxy) is 4. The van der Waals surface area contributed by atoms with Gasteiger partial charge in [0.05, 0.1) is 26.4 Å². The van der Waals surface area contributed by atoms with Gasteiger partial charge in [0.2, 0.25) is 0 Å². The van der Waals surface area contributed by atoms with Crippen molar-refractivity contribution in [3.05, 3.63) is 0 Å². The maximum Gasteiger partial charge on any atom is 0.171 e. The first-order chi connectivity index (χ1) is 10.5. The van der Waals surface area contributed by atoms with Crippen LogP contribution in [-0.2, 0) is 18.9 Å². The molecule has 0 aromatic carbocycles. The van der Waals surface area contributed by atoms with E-state index in [2.05, 4.69) is 20.8 Å². The summed E-state index contributed by atoms with van der Waals surface area (Å²) in [7, 11) is 0. The van der Waals surface area contributed by atoms with E-state index in [1.165, 1.54) is 25.7 Å². The SMILES string of the molecule is C[C@H]1[C@H]2C[C@H](C3(C)OCCO3)CC[C@]2(C)CCC12OCCO2. The smallest absolute Gasteiger partial charge is 0.171 e. The van der Waals surface area contributed by atoms with Crippen molar-refractivity contribution in [2.24, 2.45) is 23.2 Å². The first kappa shape index (κ1) is 15.4. The molecule has 2 saturated heterocycles. The summed E-state index contributed by atoms with van der Waals surface area (Å²) in [5, 5.41) is 0. The molecule has 4 heteroatoms. The fourth-order valence-corrected chi connectivity index (χ4v) is 5.63. The van der Waals surface area contributed by atoms with Gasteiger partial charge in [0.25, 0.3) is 0 Å². The molecule has 22 heavy (non-hydrogen) atoms. The molecule has 2 aliphatic heterocycles. The zero-order valence-corrected chi connectivity index (χ0v) is 14.2. The van der Waals surface area contributed by atoms with Gasteiger partial charge in [-0.3, -0.25) is 0 Å². The summed E-state index contributed by atoms with van der Waals surface area (Å²) in [6.45, 7) is 9.93. The third-order valence-corrected chi connectivity index (χ3v) is 7.22. The molecule has 0 radical (unpaired) electrons. The van der Waals surface area contributed by atoms with Crippen molar-refractivity contribution in [2.75, 3.05) is 26.4 Å². The highest BCUT2D eigenvalue weighted by molar-refractivity contribution is 5.03. The van der Waals surface area contributed by atoms with Crippen molar-refractivity contribution in [3.8, 4) is 0 Å². The van der Waals surface area contributed by atoms with Crippen LogP contribution in [0, 0.1) is 23.2 Å². The van der Waals surface area contributed by atoms with Crippen LogP contribution in [0.4, 0.5) is 0 Å². The summed E-state index contributed by atoms with van der Waals surface area (Å²) in [5.74, 6) is 0.879. The Bertz CT molecular complexity index is 425. The van der Waals surface area contributed by atoms with Gasteiger partial charge in [-0.05, 0) is 43.9 Å². The minimum absolute atomic E-state index is 0.315. The summed E-state index contributed by atoms with van der Waals surface area (Å²) < 4.78 is 24.1. The Morgan fingerprint density at radius 3 is 2.14 bits per heavy atom. The standard InChI is InChI=1S/C18H30O4/c1-13-15-12-14(17(3)19-8-9-20-17)4-5-16(15,2)6-7-18(13)21-10-11-22-18/h13-15H,4-12H2,1-3H3/t13-,14+,15+,16+/m0/s1. The zero-order chi connectivity index (χ0) is 15.4. The van der Waals surface area contributed by atoms with Gasteiger partial charge in [-0.25, -0.2) is 0 Å². The van der Waals surface area contributed by atoms with E-state index in [4.69, 9.17) is 18.9 Å². The lowest BCUT2D eigenvalue weighted by Gasteiger charge is -2.56. The molecule has 0 aromatic rings. The van der Waals surface area contributed by atoms with E-state index in [1.807, 2.05) is 0 Å². The summed E-state index contributed by atoms with van der Waals surface area (Å²) in [5.41, 5.74) is 0.422. The Morgan fingerprint density at radius 2 is 1.45 bits per heavy atom. The molecule has 0 bridgehead atoms. The number of rotatable bonds is 1. The molecule has 2 heterocycles. The predicted octanol–water partition coefficient (Wildman–Crippen LogP) is 3.35. The monoisotopic (exact) mass is 310 g/mol. The van der Waals surface area contributed by atoms with Crippen molar-refractivity contribution in [2.45, 2.75) is 64.4 Å². The summed E-state index contributed by atoms with van der Waals surface area (Å²) >= 11 is 0. The lowest BCUT2D eigenvalue weighted by atomic mass is 9.53. The van der Waals surface area contributed by atoms with E-state index in [0.717, 1.165) is 32.8 Å². The van der Waals surface area contributed by atoms with Crippen molar-refractivity contribution < 1.29 is 18.9 Å². The highest BCUT2D eigenvalue weighted by Gasteiger charge is 2.58. The van der Waals surface area contributed by atoms with Crippen LogP contribution in [0.15, 0.2) is 0 Å². The quantitative estimate of drug-likeness (QED) is 0.744. The van der Waals surface area contributed by atoms with E-state index < -0.39 is 0 Å². The van der Waals surface area contributed by atoms with Crippen molar-refractivity contribution >= 4 is 0 Å². The van der Waals surface area contributed by atoms with E-state index >= 15 is 0 Å². The molecule has 4 rings (SSSR count). The van der Waals surface area contributed by atoms with Gasteiger partial charge in [0, 0.05) is 18.3 Å². The topological polar surface area (TPSA) is 36.9 Å². The second-order valence-electron chi connectivity index (χ2n) is 8.24. The second-order valence-corrected chi connectivity index (χ2v) is 8.24. The molecule has 1 spiro atoms. The average Bonchev–Trinajstić information content (AvgIpc) is 3.15. The van der Waals surface area contributed by atoms with Gasteiger partial charge in [-0.2, -0.15) is 0 Å². The molecule has 0 unspecified atom stereocenters. The summed E-state index contributed by atoms with van der Waals surface area (Å²) in [4.78, 5) is 0. The fraction of sp³-hybridized carbons (Fsp3) is 1.00. The van der Waals surface area contributed by atoms with Gasteiger partial charge in [-0.15, -0.1) is 0 Å². The lowest BCUT2D eigenvalue weighted by Crippen LogP contribution is -2.55. The van der Waals surface area contributed by atoms with Crippen molar-refractivity contribution in [1.29, 1.82) is 0 Å². The van der Waals surface area contributed by atoms with Gasteiger partial charge in [0.1, 0.15) is 0 Å². The van der Waals surface area contributed by atoms with E-state index in [0.29, 0.717) is 23.2 Å². The predicted molar refractivity (Wildman–Crippen MR) is 82.3 cm³/mol. The molecule has 2 saturated carbocycles. The Morgan fingerprint density at radius 1 is 0.818 bits per heavy atom. The molecule has 0 amide bonds. The van der Waals surface area contributed by atoms with Crippen LogP contribution in [0.3, 0.4) is 0 Å². The van der Waals surface area contributed by atoms with Crippen LogP contribution in [0.2, 0.25) is 0 Å². The first-order valence-corrected chi connectivity index (χ1v) is 9.03. The Hall–Kier alpha value is -0.160. The van der Waals surface area contributed by atoms with E-state index in [-0.39, 0.29) is 11.6 Å². The third kappa shape index (κ3) is 2.18. The summed E-state index contributed by atoms with van der Waals surface area (Å²) in [6.07, 6.45) is 5.92. The second kappa shape index (κ2) is 5.17. The molecule has 4 aliphatic rings. The number of fused-ring (bicyclic) bond motifs is 1. The van der Waals surface area contributed by atoms with Gasteiger partial charge >= 0.3 is 0 Å². The van der Waals surface area contributed by atoms with Gasteiger partial charge < -0.3 is 18.9 Å². The van der Waals surface area contributed by atoms with Crippen LogP contribution in [0.1, 0.15) is 52.9 Å². The molecule has 2 aliphatic carbocycles. The maximum atomic E-state index is 6.09. The molecule has 0 aromatic heterocycles. The number of hydrogen-bond acceptors (Lipinski definition) is 4. The van der Waals surface area contributed by atoms with Crippen LogP contribution in [-0.4, -0.2) is 38.0 Å². The zero-order valence-electron chi connectivity index (χ0n) is 14.2. The number of hydrogen-bond donors (Lipinski definition) is 0. The van der Waals surface area contributed by atoms with Crippen molar-refractivity contribution in [3.63, 3.8) is 0 Å². The first-order valence-electron chi connectivity index (χ1n) is 9.03. The minimum atomic E-state index is -0.372. The van der Waals surface area contributed by atoms with Gasteiger partial charge in [0.15, 0.2) is 11.6 Å². The van der Waals surface area contributed by atoms with Gasteiger partial charge in [-0.1, -0.05) is 13.8 Å². The highest BCUT2D eigenvalue weighted by Crippen LogP contribution is 2.59. The molecule has 126 valence electrons. The molecular formula is C18H30O4. The fourth-order valence-electron chi connectivity index (χ4n) is 5.63. The Labute approximate surface area is 133 Å². The van der Waals surface area contributed by atoms with Crippen LogP contribution >= 0.6 is 0 Å². The van der Waals surface area contributed by atoms with Crippen molar-refractivity contribution in [1.82, 2.24) is 0 Å². The highest BCUT2D eigenvalue weighted by atomic mass is 16.7. The average molecular weight is 310 g/mol. The van der Waals surface area contributed by atoms with Crippen LogP contribution in [0.25, 0.3) is 0 Å². The molecular weight excluding hydrogens is 280 g/mol. The molecule has 4 nitrogen and oxygen atoms in total. The van der Waals surface area contributed by atoms with E-state index in [9.17, 15) is 0 Å². The Balaban J connectivity index is 1.56. The van der Waals surface area contributed by atoms with Crippen LogP contribution < -0.4 is 0 Å².